The standard InChI is InChI=1S/C11H9N3O3S/c12-9(15)6-14-10(16)8(18-11(14)17)5-7-1-3-13-4-2-7/h1-5H,6H2,(H2,12,15)/b8-5-. The first-order chi connectivity index (χ1) is 8.58. The van der Waals surface area contributed by atoms with Gasteiger partial charge in [-0.05, 0) is 35.5 Å². The maximum atomic E-state index is 11.8. The summed E-state index contributed by atoms with van der Waals surface area (Å²) < 4.78 is 0. The van der Waals surface area contributed by atoms with Crippen molar-refractivity contribution in [3.8, 4) is 0 Å². The van der Waals surface area contributed by atoms with Crippen LogP contribution in [0.5, 0.6) is 0 Å². The molecule has 92 valence electrons. The molecule has 1 aromatic heterocycles. The number of pyridine rings is 1. The van der Waals surface area contributed by atoms with E-state index in [0.717, 1.165) is 22.2 Å². The smallest absolute Gasteiger partial charge is 0.294 e. The van der Waals surface area contributed by atoms with E-state index in [1.807, 2.05) is 0 Å². The van der Waals surface area contributed by atoms with Crippen molar-refractivity contribution >= 4 is 34.9 Å². The quantitative estimate of drug-likeness (QED) is 0.806. The Hall–Kier alpha value is -2.15. The molecule has 0 saturated carbocycles. The highest BCUT2D eigenvalue weighted by Crippen LogP contribution is 2.31. The van der Waals surface area contributed by atoms with E-state index in [0.29, 0.717) is 0 Å². The van der Waals surface area contributed by atoms with Crippen LogP contribution in [0, 0.1) is 0 Å². The summed E-state index contributed by atoms with van der Waals surface area (Å²) in [5.41, 5.74) is 5.73. The molecule has 6 nitrogen and oxygen atoms in total. The first kappa shape index (κ1) is 12.3. The normalized spacial score (nSPS) is 17.6. The minimum Gasteiger partial charge on any atom is -0.368 e. The lowest BCUT2D eigenvalue weighted by atomic mass is 10.2. The molecule has 0 unspecified atom stereocenters. The van der Waals surface area contributed by atoms with Crippen molar-refractivity contribution in [1.29, 1.82) is 0 Å². The Kier molecular flexibility index (Phi) is 3.42. The highest BCUT2D eigenvalue weighted by atomic mass is 32.2. The highest BCUT2D eigenvalue weighted by Gasteiger charge is 2.35. The molecule has 1 saturated heterocycles. The second kappa shape index (κ2) is 5.01. The van der Waals surface area contributed by atoms with Crippen molar-refractivity contribution in [1.82, 2.24) is 9.88 Å². The molecule has 2 N–H and O–H groups in total. The number of nitrogens with zero attached hydrogens (tertiary/aromatic N) is 2. The number of primary amides is 1. The van der Waals surface area contributed by atoms with Crippen LogP contribution in [0.15, 0.2) is 29.4 Å². The Morgan fingerprint density at radius 3 is 2.67 bits per heavy atom. The lowest BCUT2D eigenvalue weighted by Gasteiger charge is -2.08. The van der Waals surface area contributed by atoms with Crippen LogP contribution in [0.25, 0.3) is 6.08 Å². The largest absolute Gasteiger partial charge is 0.368 e. The summed E-state index contributed by atoms with van der Waals surface area (Å²) in [6.07, 6.45) is 4.74. The third kappa shape index (κ3) is 2.57. The number of amides is 3. The number of nitrogens with two attached hydrogens (primary N) is 1. The third-order valence-corrected chi connectivity index (χ3v) is 3.10. The van der Waals surface area contributed by atoms with Crippen LogP contribution in [0.3, 0.4) is 0 Å². The van der Waals surface area contributed by atoms with Crippen LogP contribution < -0.4 is 5.73 Å². The second-order valence-electron chi connectivity index (χ2n) is 3.51. The molecule has 1 aromatic rings. The molecule has 2 heterocycles. The fourth-order valence-corrected chi connectivity index (χ4v) is 2.24. The van der Waals surface area contributed by atoms with Crippen molar-refractivity contribution in [2.45, 2.75) is 0 Å². The molecule has 2 rings (SSSR count). The molecule has 18 heavy (non-hydrogen) atoms. The maximum Gasteiger partial charge on any atom is 0.294 e. The van der Waals surface area contributed by atoms with Gasteiger partial charge in [-0.3, -0.25) is 24.3 Å². The van der Waals surface area contributed by atoms with E-state index in [2.05, 4.69) is 4.98 Å². The first-order valence-corrected chi connectivity index (χ1v) is 5.83. The Morgan fingerprint density at radius 1 is 1.39 bits per heavy atom. The summed E-state index contributed by atoms with van der Waals surface area (Å²) in [6.45, 7) is -0.391. The van der Waals surface area contributed by atoms with Crippen molar-refractivity contribution in [2.24, 2.45) is 5.73 Å². The monoisotopic (exact) mass is 263 g/mol. The van der Waals surface area contributed by atoms with Crippen LogP contribution in [-0.2, 0) is 9.59 Å². The Labute approximate surface area is 107 Å². The number of thioether (sulfide) groups is 1. The van der Waals surface area contributed by atoms with Crippen LogP contribution in [0.4, 0.5) is 4.79 Å². The van der Waals surface area contributed by atoms with Crippen molar-refractivity contribution in [3.63, 3.8) is 0 Å². The molecule has 0 atom stereocenters. The van der Waals surface area contributed by atoms with Gasteiger partial charge < -0.3 is 5.73 Å². The summed E-state index contributed by atoms with van der Waals surface area (Å²) >= 11 is 0.789. The summed E-state index contributed by atoms with van der Waals surface area (Å²) in [4.78, 5) is 39.1. The summed E-state index contributed by atoms with van der Waals surface area (Å²) in [7, 11) is 0. The van der Waals surface area contributed by atoms with Crippen LogP contribution >= 0.6 is 11.8 Å². The van der Waals surface area contributed by atoms with E-state index in [9.17, 15) is 14.4 Å². The van der Waals surface area contributed by atoms with E-state index >= 15 is 0 Å². The molecule has 0 aromatic carbocycles. The predicted molar refractivity (Wildman–Crippen MR) is 66.1 cm³/mol. The molecule has 7 heteroatoms. The lowest BCUT2D eigenvalue weighted by molar-refractivity contribution is -0.127. The van der Waals surface area contributed by atoms with Gasteiger partial charge in [0.25, 0.3) is 11.1 Å². The average Bonchev–Trinajstić information content (AvgIpc) is 2.58. The molecule has 3 amide bonds. The van der Waals surface area contributed by atoms with Gasteiger partial charge in [0.1, 0.15) is 6.54 Å². The highest BCUT2D eigenvalue weighted by molar-refractivity contribution is 8.18. The van der Waals surface area contributed by atoms with Crippen LogP contribution in [0.2, 0.25) is 0 Å². The third-order valence-electron chi connectivity index (χ3n) is 2.19. The minimum atomic E-state index is -0.720. The number of carbonyl (C=O) groups is 3. The Balaban J connectivity index is 2.23. The van der Waals surface area contributed by atoms with E-state index in [1.54, 1.807) is 30.6 Å². The molecular weight excluding hydrogens is 254 g/mol. The first-order valence-electron chi connectivity index (χ1n) is 5.01. The number of hydrogen-bond donors (Lipinski definition) is 1. The Morgan fingerprint density at radius 2 is 2.06 bits per heavy atom. The van der Waals surface area contributed by atoms with Gasteiger partial charge in [-0.2, -0.15) is 0 Å². The molecule has 1 aliphatic rings. The molecule has 1 aliphatic heterocycles. The lowest BCUT2D eigenvalue weighted by Crippen LogP contribution is -2.36. The van der Waals surface area contributed by atoms with Gasteiger partial charge in [-0.15, -0.1) is 0 Å². The predicted octanol–water partition coefficient (Wildman–Crippen LogP) is 0.603. The van der Waals surface area contributed by atoms with E-state index in [4.69, 9.17) is 5.73 Å². The van der Waals surface area contributed by atoms with Gasteiger partial charge in [0.15, 0.2) is 0 Å². The summed E-state index contributed by atoms with van der Waals surface area (Å²) in [5, 5.41) is -0.487. The van der Waals surface area contributed by atoms with E-state index < -0.39 is 23.6 Å². The minimum absolute atomic E-state index is 0.271. The zero-order valence-electron chi connectivity index (χ0n) is 9.20. The molecule has 0 radical (unpaired) electrons. The molecular formula is C11H9N3O3S. The van der Waals surface area contributed by atoms with Gasteiger partial charge in [0, 0.05) is 12.4 Å². The van der Waals surface area contributed by atoms with Gasteiger partial charge in [0.05, 0.1) is 4.91 Å². The number of hydrogen-bond acceptors (Lipinski definition) is 5. The van der Waals surface area contributed by atoms with Crippen LogP contribution in [-0.4, -0.2) is 33.5 Å². The number of aromatic nitrogens is 1. The van der Waals surface area contributed by atoms with E-state index in [1.165, 1.54) is 0 Å². The fraction of sp³-hybridized carbons (Fsp3) is 0.0909. The van der Waals surface area contributed by atoms with Gasteiger partial charge in [-0.25, -0.2) is 0 Å². The maximum absolute atomic E-state index is 11.8. The average molecular weight is 263 g/mol. The molecule has 1 fully saturated rings. The zero-order valence-corrected chi connectivity index (χ0v) is 10.0. The SMILES string of the molecule is NC(=O)CN1C(=O)S/C(=C\c2ccncc2)C1=O. The van der Waals surface area contributed by atoms with Crippen molar-refractivity contribution in [2.75, 3.05) is 6.54 Å². The van der Waals surface area contributed by atoms with Gasteiger partial charge in [-0.1, -0.05) is 0 Å². The van der Waals surface area contributed by atoms with Crippen molar-refractivity contribution in [3.05, 3.63) is 35.0 Å². The summed E-state index contributed by atoms with van der Waals surface area (Å²) in [6, 6.07) is 3.42. The molecule has 0 aliphatic carbocycles. The second-order valence-corrected chi connectivity index (χ2v) is 4.51. The topological polar surface area (TPSA) is 93.4 Å². The molecule has 0 spiro atoms. The fourth-order valence-electron chi connectivity index (χ4n) is 1.40. The number of carbonyl (C=O) groups excluding carboxylic acids is 3. The van der Waals surface area contributed by atoms with Gasteiger partial charge in [0.2, 0.25) is 5.91 Å². The van der Waals surface area contributed by atoms with Crippen molar-refractivity contribution < 1.29 is 14.4 Å². The zero-order chi connectivity index (χ0) is 13.1. The number of imide groups is 1. The summed E-state index contributed by atoms with van der Waals surface area (Å²) in [5.74, 6) is -1.22. The van der Waals surface area contributed by atoms with Gasteiger partial charge >= 0.3 is 0 Å². The Bertz CT molecular complexity index is 542. The van der Waals surface area contributed by atoms with Crippen LogP contribution in [0.1, 0.15) is 5.56 Å². The van der Waals surface area contributed by atoms with E-state index in [-0.39, 0.29) is 4.91 Å². The number of rotatable bonds is 3. The molecule has 0 bridgehead atoms.